The molecule has 5 nitrogen and oxygen atoms in total. The van der Waals surface area contributed by atoms with Gasteiger partial charge in [-0.25, -0.2) is 0 Å². The van der Waals surface area contributed by atoms with Crippen molar-refractivity contribution in [1.29, 1.82) is 0 Å². The first-order chi connectivity index (χ1) is 38.2. The van der Waals surface area contributed by atoms with E-state index in [0.717, 1.165) is 66.8 Å². The highest BCUT2D eigenvalue weighted by Gasteiger charge is 2.20. The van der Waals surface area contributed by atoms with Crippen molar-refractivity contribution in [2.24, 2.45) is 0 Å². The summed E-state index contributed by atoms with van der Waals surface area (Å²) in [5, 5.41) is 12.1. The van der Waals surface area contributed by atoms with Crippen LogP contribution in [0.2, 0.25) is 0 Å². The van der Waals surface area contributed by atoms with Crippen LogP contribution in [0.4, 0.5) is 0 Å². The number of benzene rings is 12. The van der Waals surface area contributed by atoms with E-state index < -0.39 is 0 Å². The van der Waals surface area contributed by atoms with Crippen molar-refractivity contribution < 1.29 is 4.42 Å². The fraction of sp³-hybridized carbons (Fsp3) is 0. The van der Waals surface area contributed by atoms with Crippen LogP contribution in [-0.2, 0) is 0 Å². The van der Waals surface area contributed by atoms with Crippen molar-refractivity contribution in [3.8, 4) is 45.0 Å². The van der Waals surface area contributed by atoms with E-state index in [1.165, 1.54) is 87.4 Å². The number of fused-ring (bicyclic) bond motifs is 15. The number of hydrogen-bond acceptors (Lipinski definition) is 1. The van der Waals surface area contributed by atoms with Gasteiger partial charge in [0.2, 0.25) is 0 Å². The number of para-hydroxylation sites is 6. The molecule has 17 rings (SSSR count). The van der Waals surface area contributed by atoms with Crippen LogP contribution in [0.5, 0.6) is 0 Å². The van der Waals surface area contributed by atoms with Crippen molar-refractivity contribution in [2.75, 3.05) is 0 Å². The van der Waals surface area contributed by atoms with E-state index in [4.69, 9.17) is 4.42 Å². The molecule has 0 saturated heterocycles. The lowest BCUT2D eigenvalue weighted by Gasteiger charge is -2.11. The Kier molecular flexibility index (Phi) is 8.77. The van der Waals surface area contributed by atoms with Gasteiger partial charge >= 0.3 is 0 Å². The van der Waals surface area contributed by atoms with Gasteiger partial charge in [-0.3, -0.25) is 0 Å². The molecule has 5 heterocycles. The van der Waals surface area contributed by atoms with Crippen LogP contribution < -0.4 is 0 Å². The van der Waals surface area contributed by atoms with Gasteiger partial charge in [-0.1, -0.05) is 146 Å². The molecule has 0 aliphatic carbocycles. The standard InChI is InChI=1S/C72H44N4O/c1-7-25-63-53(19-1)54-20-2-8-26-64(54)73(63)49-17-13-15-45(39-49)47-31-35-69-59(41-47)57-23-5-11-29-67(57)75(69)51-33-37-71-61(43-51)62-44-52(34-38-72(62)77-71)76-68-30-12-6-24-58(68)60-42-48(32-36-70(60)76)46-16-14-18-50(40-46)74-65-27-9-3-21-55(65)56-22-4-10-28-66(56)74/h1-44H. The first kappa shape index (κ1) is 42.0. The fourth-order valence-corrected chi connectivity index (χ4v) is 12.9. The molecule has 0 N–H and O–H groups in total. The Bertz CT molecular complexity index is 4870. The molecule has 0 fully saturated rings. The van der Waals surface area contributed by atoms with Crippen LogP contribution in [0.25, 0.3) is 154 Å². The second-order valence-corrected chi connectivity index (χ2v) is 20.5. The molecule has 0 aliphatic rings. The molecule has 0 bridgehead atoms. The van der Waals surface area contributed by atoms with E-state index in [2.05, 4.69) is 285 Å². The normalized spacial score (nSPS) is 12.2. The van der Waals surface area contributed by atoms with Crippen molar-refractivity contribution in [1.82, 2.24) is 18.3 Å². The van der Waals surface area contributed by atoms with E-state index in [9.17, 15) is 0 Å². The van der Waals surface area contributed by atoms with Gasteiger partial charge in [-0.2, -0.15) is 0 Å². The number of rotatable bonds is 6. The number of nitrogens with zero attached hydrogens (tertiary/aromatic N) is 4. The van der Waals surface area contributed by atoms with Gasteiger partial charge in [0.15, 0.2) is 0 Å². The molecule has 0 aliphatic heterocycles. The minimum Gasteiger partial charge on any atom is -0.456 e. The van der Waals surface area contributed by atoms with Crippen molar-refractivity contribution >= 4 is 109 Å². The monoisotopic (exact) mass is 980 g/mol. The summed E-state index contributed by atoms with van der Waals surface area (Å²) < 4.78 is 16.2. The molecule has 0 spiro atoms. The molecule has 77 heavy (non-hydrogen) atoms. The van der Waals surface area contributed by atoms with Crippen molar-refractivity contribution in [3.63, 3.8) is 0 Å². The maximum atomic E-state index is 6.62. The van der Waals surface area contributed by atoms with Crippen LogP contribution in [0.15, 0.2) is 271 Å². The Hall–Kier alpha value is -10.4. The Labute approximate surface area is 441 Å². The Balaban J connectivity index is 0.766. The molecule has 12 aromatic carbocycles. The Morgan fingerprint density at radius 2 is 0.468 bits per heavy atom. The lowest BCUT2D eigenvalue weighted by atomic mass is 10.0. The maximum Gasteiger partial charge on any atom is 0.135 e. The Morgan fingerprint density at radius 1 is 0.182 bits per heavy atom. The predicted octanol–water partition coefficient (Wildman–Crippen LogP) is 19.3. The van der Waals surface area contributed by atoms with Gasteiger partial charge in [-0.05, 0) is 144 Å². The summed E-state index contributed by atoms with van der Waals surface area (Å²) in [7, 11) is 0. The third-order valence-corrected chi connectivity index (χ3v) is 16.3. The second kappa shape index (κ2) is 16.1. The Morgan fingerprint density at radius 3 is 0.818 bits per heavy atom. The summed E-state index contributed by atoms with van der Waals surface area (Å²) in [6.45, 7) is 0. The van der Waals surface area contributed by atoms with Gasteiger partial charge in [0.1, 0.15) is 11.2 Å². The van der Waals surface area contributed by atoms with Crippen molar-refractivity contribution in [3.05, 3.63) is 267 Å². The molecule has 5 aromatic heterocycles. The summed E-state index contributed by atoms with van der Waals surface area (Å²) in [5.74, 6) is 0. The first-order valence-electron chi connectivity index (χ1n) is 26.4. The predicted molar refractivity (Wildman–Crippen MR) is 322 cm³/mol. The third kappa shape index (κ3) is 6.17. The van der Waals surface area contributed by atoms with Gasteiger partial charge < -0.3 is 22.7 Å². The zero-order chi connectivity index (χ0) is 50.3. The van der Waals surface area contributed by atoms with Crippen LogP contribution in [-0.4, -0.2) is 18.3 Å². The molecular formula is C72H44N4O. The van der Waals surface area contributed by atoms with E-state index in [1.54, 1.807) is 0 Å². The van der Waals surface area contributed by atoms with Gasteiger partial charge in [0.05, 0.1) is 44.1 Å². The molecule has 358 valence electrons. The van der Waals surface area contributed by atoms with Gasteiger partial charge in [-0.15, -0.1) is 0 Å². The van der Waals surface area contributed by atoms with E-state index in [1.807, 2.05) is 0 Å². The highest BCUT2D eigenvalue weighted by molar-refractivity contribution is 6.15. The number of furan rings is 1. The van der Waals surface area contributed by atoms with E-state index in [-0.39, 0.29) is 0 Å². The quantitative estimate of drug-likeness (QED) is 0.163. The lowest BCUT2D eigenvalue weighted by Crippen LogP contribution is -1.95. The average Bonchev–Trinajstić information content (AvgIpc) is 4.42. The molecule has 0 amide bonds. The smallest absolute Gasteiger partial charge is 0.135 e. The number of hydrogen-bond donors (Lipinski definition) is 0. The topological polar surface area (TPSA) is 32.9 Å². The van der Waals surface area contributed by atoms with E-state index >= 15 is 0 Å². The highest BCUT2D eigenvalue weighted by Crippen LogP contribution is 2.42. The van der Waals surface area contributed by atoms with Crippen LogP contribution in [0.1, 0.15) is 0 Å². The molecular weight excluding hydrogens is 937 g/mol. The minimum atomic E-state index is 0.863. The van der Waals surface area contributed by atoms with Gasteiger partial charge in [0.25, 0.3) is 0 Å². The zero-order valence-electron chi connectivity index (χ0n) is 41.6. The molecule has 0 unspecified atom stereocenters. The first-order valence-corrected chi connectivity index (χ1v) is 26.4. The molecule has 0 atom stereocenters. The van der Waals surface area contributed by atoms with Crippen LogP contribution in [0, 0.1) is 0 Å². The lowest BCUT2D eigenvalue weighted by molar-refractivity contribution is 0.669. The summed E-state index contributed by atoms with van der Waals surface area (Å²) in [4.78, 5) is 0. The van der Waals surface area contributed by atoms with E-state index in [0.29, 0.717) is 0 Å². The number of aromatic nitrogens is 4. The van der Waals surface area contributed by atoms with Crippen LogP contribution >= 0.6 is 0 Å². The molecule has 5 heteroatoms. The SMILES string of the molecule is c1cc(-c2ccc3c(c2)c2ccccc2n3-c2ccc3oc4ccc(-n5c6ccccc6c6cc(-c7cccc(-n8c9ccccc9c9ccccc98)c7)ccc65)cc4c3c2)cc(-n2c3ccccc3c3ccccc32)c1. The summed E-state index contributed by atoms with van der Waals surface area (Å²) in [6, 6.07) is 97.5. The average molecular weight is 981 g/mol. The summed E-state index contributed by atoms with van der Waals surface area (Å²) in [5.41, 5.74) is 20.4. The fourth-order valence-electron chi connectivity index (χ4n) is 12.9. The highest BCUT2D eigenvalue weighted by atomic mass is 16.3. The second-order valence-electron chi connectivity index (χ2n) is 20.5. The molecule has 17 aromatic rings. The van der Waals surface area contributed by atoms with Crippen LogP contribution in [0.3, 0.4) is 0 Å². The van der Waals surface area contributed by atoms with Gasteiger partial charge in [0, 0.05) is 76.6 Å². The molecule has 0 saturated carbocycles. The third-order valence-electron chi connectivity index (χ3n) is 16.3. The summed E-state index contributed by atoms with van der Waals surface area (Å²) >= 11 is 0. The summed E-state index contributed by atoms with van der Waals surface area (Å²) in [6.07, 6.45) is 0. The minimum absolute atomic E-state index is 0.863. The molecule has 0 radical (unpaired) electrons. The zero-order valence-corrected chi connectivity index (χ0v) is 41.6. The largest absolute Gasteiger partial charge is 0.456 e. The maximum absolute atomic E-state index is 6.62. The van der Waals surface area contributed by atoms with Crippen molar-refractivity contribution in [2.45, 2.75) is 0 Å².